The minimum Gasteiger partial charge on any atom is -0.484 e. The summed E-state index contributed by atoms with van der Waals surface area (Å²) in [5.41, 5.74) is 6.22. The van der Waals surface area contributed by atoms with Crippen molar-refractivity contribution in [3.8, 4) is 18.1 Å². The Hall–Kier alpha value is -2.15. The maximum absolute atomic E-state index is 11.8. The quantitative estimate of drug-likeness (QED) is 0.611. The molecule has 0 fully saturated rings. The number of nitrogens with two attached hydrogens (primary N) is 1. The smallest absolute Gasteiger partial charge is 0.261 e. The number of benzene rings is 1. The lowest BCUT2D eigenvalue weighted by molar-refractivity contribution is -0.132. The average molecular weight is 246 g/mol. The number of amides is 1. The van der Waals surface area contributed by atoms with E-state index in [0.717, 1.165) is 6.42 Å². The van der Waals surface area contributed by atoms with Crippen molar-refractivity contribution in [1.29, 1.82) is 0 Å². The molecule has 0 aliphatic rings. The summed E-state index contributed by atoms with van der Waals surface area (Å²) in [6.45, 7) is 2.95. The van der Waals surface area contributed by atoms with Gasteiger partial charge in [-0.05, 0) is 30.7 Å². The van der Waals surface area contributed by atoms with Crippen LogP contribution in [0.5, 0.6) is 5.75 Å². The van der Waals surface area contributed by atoms with E-state index in [1.807, 2.05) is 6.92 Å². The number of ether oxygens (including phenoxy) is 1. The van der Waals surface area contributed by atoms with Crippen LogP contribution < -0.4 is 10.5 Å². The van der Waals surface area contributed by atoms with Crippen LogP contribution in [0.4, 0.5) is 5.69 Å². The van der Waals surface area contributed by atoms with Gasteiger partial charge in [0.1, 0.15) is 5.75 Å². The maximum atomic E-state index is 11.8. The van der Waals surface area contributed by atoms with Crippen LogP contribution in [0.25, 0.3) is 0 Å². The zero-order valence-electron chi connectivity index (χ0n) is 10.6. The summed E-state index contributed by atoms with van der Waals surface area (Å²) in [6.07, 6.45) is 6.09. The molecule has 1 amide bonds. The van der Waals surface area contributed by atoms with E-state index in [0.29, 0.717) is 24.5 Å². The molecule has 18 heavy (non-hydrogen) atoms. The van der Waals surface area contributed by atoms with Gasteiger partial charge in [0.25, 0.3) is 5.91 Å². The fraction of sp³-hybridized carbons (Fsp3) is 0.357. The Morgan fingerprint density at radius 3 is 2.67 bits per heavy atom. The van der Waals surface area contributed by atoms with Crippen LogP contribution >= 0.6 is 0 Å². The number of carbonyl (C=O) groups is 1. The predicted molar refractivity (Wildman–Crippen MR) is 72.1 cm³/mol. The van der Waals surface area contributed by atoms with Crippen molar-refractivity contribution in [2.24, 2.45) is 0 Å². The second kappa shape index (κ2) is 7.23. The van der Waals surface area contributed by atoms with Gasteiger partial charge >= 0.3 is 0 Å². The molecule has 0 bridgehead atoms. The molecule has 2 N–H and O–H groups in total. The van der Waals surface area contributed by atoms with Crippen molar-refractivity contribution in [1.82, 2.24) is 4.90 Å². The molecule has 0 atom stereocenters. The fourth-order valence-electron chi connectivity index (χ4n) is 1.47. The van der Waals surface area contributed by atoms with Gasteiger partial charge in [-0.2, -0.15) is 0 Å². The minimum absolute atomic E-state index is 0.00834. The molecule has 0 aliphatic carbocycles. The summed E-state index contributed by atoms with van der Waals surface area (Å²) in [5, 5.41) is 0. The van der Waals surface area contributed by atoms with E-state index < -0.39 is 0 Å². The van der Waals surface area contributed by atoms with Crippen molar-refractivity contribution in [2.45, 2.75) is 13.3 Å². The minimum atomic E-state index is -0.105. The number of hydrogen-bond donors (Lipinski definition) is 1. The topological polar surface area (TPSA) is 55.6 Å². The Morgan fingerprint density at radius 1 is 1.44 bits per heavy atom. The first-order valence-electron chi connectivity index (χ1n) is 5.87. The van der Waals surface area contributed by atoms with E-state index in [4.69, 9.17) is 16.9 Å². The van der Waals surface area contributed by atoms with Crippen LogP contribution in [0, 0.1) is 12.3 Å². The highest BCUT2D eigenvalue weighted by Crippen LogP contribution is 2.13. The number of anilines is 1. The van der Waals surface area contributed by atoms with E-state index in [1.165, 1.54) is 0 Å². The van der Waals surface area contributed by atoms with Crippen LogP contribution in [0.2, 0.25) is 0 Å². The highest BCUT2D eigenvalue weighted by atomic mass is 16.5. The van der Waals surface area contributed by atoms with Crippen molar-refractivity contribution < 1.29 is 9.53 Å². The highest BCUT2D eigenvalue weighted by molar-refractivity contribution is 5.78. The predicted octanol–water partition coefficient (Wildman–Crippen LogP) is 1.52. The van der Waals surface area contributed by atoms with Gasteiger partial charge in [0.05, 0.1) is 6.54 Å². The second-order valence-corrected chi connectivity index (χ2v) is 3.88. The van der Waals surface area contributed by atoms with Gasteiger partial charge in [0.15, 0.2) is 6.61 Å². The third-order valence-electron chi connectivity index (χ3n) is 2.37. The highest BCUT2D eigenvalue weighted by Gasteiger charge is 2.11. The molecule has 1 rings (SSSR count). The van der Waals surface area contributed by atoms with Crippen LogP contribution in [-0.2, 0) is 4.79 Å². The van der Waals surface area contributed by atoms with Crippen LogP contribution in [0.1, 0.15) is 13.3 Å². The average Bonchev–Trinajstić information content (AvgIpc) is 2.37. The van der Waals surface area contributed by atoms with Gasteiger partial charge < -0.3 is 15.4 Å². The molecule has 4 nitrogen and oxygen atoms in total. The first kappa shape index (κ1) is 13.9. The zero-order chi connectivity index (χ0) is 13.4. The molecule has 0 saturated carbocycles. The van der Waals surface area contributed by atoms with Gasteiger partial charge in [-0.15, -0.1) is 6.42 Å². The van der Waals surface area contributed by atoms with Crippen molar-refractivity contribution in [2.75, 3.05) is 25.4 Å². The SMILES string of the molecule is C#CCN(CCC)C(=O)COc1ccc(N)cc1. The van der Waals surface area contributed by atoms with E-state index in [-0.39, 0.29) is 12.5 Å². The molecular weight excluding hydrogens is 228 g/mol. The molecule has 0 aromatic heterocycles. The lowest BCUT2D eigenvalue weighted by Gasteiger charge is -2.19. The zero-order valence-corrected chi connectivity index (χ0v) is 10.6. The molecular formula is C14H18N2O2. The lowest BCUT2D eigenvalue weighted by atomic mass is 10.3. The molecule has 96 valence electrons. The van der Waals surface area contributed by atoms with E-state index >= 15 is 0 Å². The molecule has 0 aliphatic heterocycles. The monoisotopic (exact) mass is 246 g/mol. The number of nitrogen functional groups attached to an aromatic ring is 1. The Morgan fingerprint density at radius 2 is 2.11 bits per heavy atom. The summed E-state index contributed by atoms with van der Waals surface area (Å²) in [5.74, 6) is 2.99. The summed E-state index contributed by atoms with van der Waals surface area (Å²) < 4.78 is 5.38. The lowest BCUT2D eigenvalue weighted by Crippen LogP contribution is -2.35. The van der Waals surface area contributed by atoms with Gasteiger partial charge in [-0.1, -0.05) is 12.8 Å². The van der Waals surface area contributed by atoms with Crippen molar-refractivity contribution in [3.05, 3.63) is 24.3 Å². The number of terminal acetylenes is 1. The maximum Gasteiger partial charge on any atom is 0.261 e. The molecule has 0 unspecified atom stereocenters. The molecule has 0 spiro atoms. The number of carbonyl (C=O) groups excluding carboxylic acids is 1. The molecule has 1 aromatic rings. The molecule has 1 aromatic carbocycles. The largest absolute Gasteiger partial charge is 0.484 e. The Balaban J connectivity index is 2.48. The first-order valence-corrected chi connectivity index (χ1v) is 5.87. The first-order chi connectivity index (χ1) is 8.67. The number of nitrogens with zero attached hydrogens (tertiary/aromatic N) is 1. The van der Waals surface area contributed by atoms with Gasteiger partial charge in [-0.25, -0.2) is 0 Å². The summed E-state index contributed by atoms with van der Waals surface area (Å²) in [6, 6.07) is 6.91. The van der Waals surface area contributed by atoms with Crippen LogP contribution in [0.3, 0.4) is 0 Å². The molecule has 0 heterocycles. The Kier molecular flexibility index (Phi) is 5.59. The van der Waals surface area contributed by atoms with Gasteiger partial charge in [0.2, 0.25) is 0 Å². The second-order valence-electron chi connectivity index (χ2n) is 3.88. The van der Waals surface area contributed by atoms with Gasteiger partial charge in [0, 0.05) is 12.2 Å². The summed E-state index contributed by atoms with van der Waals surface area (Å²) in [4.78, 5) is 13.5. The normalized spacial score (nSPS) is 9.56. The number of hydrogen-bond acceptors (Lipinski definition) is 3. The van der Waals surface area contributed by atoms with E-state index in [9.17, 15) is 4.79 Å². The van der Waals surface area contributed by atoms with Crippen LogP contribution in [-0.4, -0.2) is 30.5 Å². The summed E-state index contributed by atoms with van der Waals surface area (Å²) in [7, 11) is 0. The van der Waals surface area contributed by atoms with Crippen molar-refractivity contribution in [3.63, 3.8) is 0 Å². The van der Waals surface area contributed by atoms with Crippen LogP contribution in [0.15, 0.2) is 24.3 Å². The Bertz CT molecular complexity index is 420. The fourth-order valence-corrected chi connectivity index (χ4v) is 1.47. The van der Waals surface area contributed by atoms with E-state index in [1.54, 1.807) is 29.2 Å². The van der Waals surface area contributed by atoms with Gasteiger partial charge in [-0.3, -0.25) is 4.79 Å². The standard InChI is InChI=1S/C14H18N2O2/c1-3-9-16(10-4-2)14(17)11-18-13-7-5-12(15)6-8-13/h1,5-8H,4,9-11,15H2,2H3. The molecule has 4 heteroatoms. The Labute approximate surface area is 108 Å². The molecule has 0 saturated heterocycles. The number of rotatable bonds is 6. The van der Waals surface area contributed by atoms with E-state index in [2.05, 4.69) is 5.92 Å². The molecule has 0 radical (unpaired) electrons. The third-order valence-corrected chi connectivity index (χ3v) is 2.37. The summed E-state index contributed by atoms with van der Waals surface area (Å²) >= 11 is 0. The third kappa shape index (κ3) is 4.38. The van der Waals surface area contributed by atoms with Crippen molar-refractivity contribution >= 4 is 11.6 Å².